The second-order valence-corrected chi connectivity index (χ2v) is 4.59. The molecular formula is C14H19NO4. The fourth-order valence-corrected chi connectivity index (χ4v) is 2.02. The summed E-state index contributed by atoms with van der Waals surface area (Å²) in [7, 11) is 1.60. The maximum Gasteiger partial charge on any atom is 0.317 e. The minimum absolute atomic E-state index is 0.0833. The summed E-state index contributed by atoms with van der Waals surface area (Å²) < 4.78 is 10.9. The number of carbonyl (C=O) groups is 1. The summed E-state index contributed by atoms with van der Waals surface area (Å²) in [5.41, 5.74) is 0. The molecule has 0 spiro atoms. The summed E-state index contributed by atoms with van der Waals surface area (Å²) in [6.07, 6.45) is 2.17. The van der Waals surface area contributed by atoms with E-state index in [0.717, 1.165) is 12.8 Å². The SMILES string of the molecule is COc1ccccc1OCCN(CC(=O)O)C1CC1. The second-order valence-electron chi connectivity index (χ2n) is 4.59. The van der Waals surface area contributed by atoms with Crippen molar-refractivity contribution in [2.75, 3.05) is 26.8 Å². The van der Waals surface area contributed by atoms with E-state index in [1.165, 1.54) is 0 Å². The highest BCUT2D eigenvalue weighted by Crippen LogP contribution is 2.28. The molecule has 0 radical (unpaired) electrons. The zero-order chi connectivity index (χ0) is 13.7. The van der Waals surface area contributed by atoms with Gasteiger partial charge in [0, 0.05) is 12.6 Å². The normalized spacial score (nSPS) is 14.4. The average Bonchev–Trinajstić information content (AvgIpc) is 3.22. The molecule has 2 rings (SSSR count). The van der Waals surface area contributed by atoms with E-state index in [2.05, 4.69) is 0 Å². The van der Waals surface area contributed by atoms with Gasteiger partial charge in [0.05, 0.1) is 13.7 Å². The van der Waals surface area contributed by atoms with Crippen molar-refractivity contribution in [2.24, 2.45) is 0 Å². The van der Waals surface area contributed by atoms with Gasteiger partial charge in [-0.05, 0) is 25.0 Å². The molecule has 1 aliphatic carbocycles. The second kappa shape index (κ2) is 6.43. The topological polar surface area (TPSA) is 59.0 Å². The third kappa shape index (κ3) is 4.13. The van der Waals surface area contributed by atoms with Gasteiger partial charge in [-0.3, -0.25) is 9.69 Å². The van der Waals surface area contributed by atoms with E-state index < -0.39 is 5.97 Å². The van der Waals surface area contributed by atoms with E-state index in [1.807, 2.05) is 29.2 Å². The molecular weight excluding hydrogens is 246 g/mol. The Morgan fingerprint density at radius 2 is 2.05 bits per heavy atom. The maximum atomic E-state index is 10.8. The van der Waals surface area contributed by atoms with Crippen LogP contribution < -0.4 is 9.47 Å². The highest BCUT2D eigenvalue weighted by atomic mass is 16.5. The lowest BCUT2D eigenvalue weighted by Gasteiger charge is -2.20. The lowest BCUT2D eigenvalue weighted by atomic mass is 10.3. The molecule has 1 saturated carbocycles. The van der Waals surface area contributed by atoms with Crippen LogP contribution in [0.1, 0.15) is 12.8 Å². The Kier molecular flexibility index (Phi) is 4.63. The third-order valence-corrected chi connectivity index (χ3v) is 3.11. The molecule has 1 aromatic carbocycles. The Hall–Kier alpha value is -1.75. The van der Waals surface area contributed by atoms with Crippen molar-refractivity contribution in [3.8, 4) is 11.5 Å². The number of ether oxygens (including phenoxy) is 2. The quantitative estimate of drug-likeness (QED) is 0.774. The molecule has 0 unspecified atom stereocenters. The fraction of sp³-hybridized carbons (Fsp3) is 0.500. The molecule has 0 aromatic heterocycles. The Bertz CT molecular complexity index is 431. The van der Waals surface area contributed by atoms with Crippen LogP contribution >= 0.6 is 0 Å². The Morgan fingerprint density at radius 1 is 1.37 bits per heavy atom. The molecule has 1 N–H and O–H groups in total. The van der Waals surface area contributed by atoms with Crippen LogP contribution in [0.3, 0.4) is 0 Å². The van der Waals surface area contributed by atoms with Crippen LogP contribution in [0.25, 0.3) is 0 Å². The number of hydrogen-bond acceptors (Lipinski definition) is 4. The number of aliphatic carboxylic acids is 1. The van der Waals surface area contributed by atoms with Gasteiger partial charge in [0.15, 0.2) is 11.5 Å². The summed E-state index contributed by atoms with van der Waals surface area (Å²) in [5.74, 6) is 0.596. The standard InChI is InChI=1S/C14H19NO4/c1-18-12-4-2-3-5-13(12)19-9-8-15(10-14(16)17)11-6-7-11/h2-5,11H,6-10H2,1H3,(H,16,17). The minimum Gasteiger partial charge on any atom is -0.493 e. The predicted octanol–water partition coefficient (Wildman–Crippen LogP) is 1.62. The van der Waals surface area contributed by atoms with E-state index in [9.17, 15) is 4.79 Å². The molecule has 5 nitrogen and oxygen atoms in total. The molecule has 0 heterocycles. The first-order valence-corrected chi connectivity index (χ1v) is 6.42. The monoisotopic (exact) mass is 265 g/mol. The van der Waals surface area contributed by atoms with Gasteiger partial charge in [0.25, 0.3) is 0 Å². The zero-order valence-corrected chi connectivity index (χ0v) is 11.0. The number of carboxylic acids is 1. The molecule has 1 aliphatic rings. The molecule has 19 heavy (non-hydrogen) atoms. The third-order valence-electron chi connectivity index (χ3n) is 3.11. The van der Waals surface area contributed by atoms with Crippen molar-refractivity contribution < 1.29 is 19.4 Å². The van der Waals surface area contributed by atoms with E-state index in [-0.39, 0.29) is 6.54 Å². The van der Waals surface area contributed by atoms with E-state index in [0.29, 0.717) is 30.7 Å². The first kappa shape index (κ1) is 13.7. The molecule has 0 saturated heterocycles. The van der Waals surface area contributed by atoms with Gasteiger partial charge in [-0.2, -0.15) is 0 Å². The number of para-hydroxylation sites is 2. The van der Waals surface area contributed by atoms with Crippen LogP contribution in [-0.2, 0) is 4.79 Å². The number of hydrogen-bond donors (Lipinski definition) is 1. The van der Waals surface area contributed by atoms with Gasteiger partial charge >= 0.3 is 5.97 Å². The van der Waals surface area contributed by atoms with E-state index in [1.54, 1.807) is 7.11 Å². The smallest absolute Gasteiger partial charge is 0.317 e. The van der Waals surface area contributed by atoms with Crippen LogP contribution in [0, 0.1) is 0 Å². The number of nitrogens with zero attached hydrogens (tertiary/aromatic N) is 1. The van der Waals surface area contributed by atoms with Gasteiger partial charge in [-0.25, -0.2) is 0 Å². The Labute approximate surface area is 112 Å². The van der Waals surface area contributed by atoms with Crippen LogP contribution in [0.2, 0.25) is 0 Å². The molecule has 0 amide bonds. The van der Waals surface area contributed by atoms with Crippen molar-refractivity contribution in [3.05, 3.63) is 24.3 Å². The molecule has 0 bridgehead atoms. The Morgan fingerprint density at radius 3 is 2.63 bits per heavy atom. The van der Waals surface area contributed by atoms with Crippen LogP contribution in [0.4, 0.5) is 0 Å². The largest absolute Gasteiger partial charge is 0.493 e. The van der Waals surface area contributed by atoms with Crippen LogP contribution in [-0.4, -0.2) is 48.8 Å². The van der Waals surface area contributed by atoms with Gasteiger partial charge in [-0.1, -0.05) is 12.1 Å². The van der Waals surface area contributed by atoms with Crippen LogP contribution in [0.5, 0.6) is 11.5 Å². The van der Waals surface area contributed by atoms with Gasteiger partial charge in [0.1, 0.15) is 6.61 Å². The number of carboxylic acid groups (broad SMARTS) is 1. The highest BCUT2D eigenvalue weighted by Gasteiger charge is 2.29. The van der Waals surface area contributed by atoms with Gasteiger partial charge < -0.3 is 14.6 Å². The number of benzene rings is 1. The van der Waals surface area contributed by atoms with E-state index >= 15 is 0 Å². The van der Waals surface area contributed by atoms with Gasteiger partial charge in [-0.15, -0.1) is 0 Å². The minimum atomic E-state index is -0.788. The van der Waals surface area contributed by atoms with Crippen molar-refractivity contribution in [3.63, 3.8) is 0 Å². The van der Waals surface area contributed by atoms with Crippen LogP contribution in [0.15, 0.2) is 24.3 Å². The summed E-state index contributed by atoms with van der Waals surface area (Å²) >= 11 is 0. The number of methoxy groups -OCH3 is 1. The first-order chi connectivity index (χ1) is 9.20. The molecule has 0 aliphatic heterocycles. The van der Waals surface area contributed by atoms with Crippen molar-refractivity contribution in [1.82, 2.24) is 4.90 Å². The van der Waals surface area contributed by atoms with Crippen molar-refractivity contribution in [1.29, 1.82) is 0 Å². The Balaban J connectivity index is 1.82. The zero-order valence-electron chi connectivity index (χ0n) is 11.0. The summed E-state index contributed by atoms with van der Waals surface area (Å²) in [6, 6.07) is 7.86. The predicted molar refractivity (Wildman–Crippen MR) is 70.7 cm³/mol. The lowest BCUT2D eigenvalue weighted by Crippen LogP contribution is -2.35. The fourth-order valence-electron chi connectivity index (χ4n) is 2.02. The van der Waals surface area contributed by atoms with E-state index in [4.69, 9.17) is 14.6 Å². The summed E-state index contributed by atoms with van der Waals surface area (Å²) in [5, 5.41) is 8.86. The molecule has 0 atom stereocenters. The average molecular weight is 265 g/mol. The molecule has 104 valence electrons. The van der Waals surface area contributed by atoms with Crippen molar-refractivity contribution >= 4 is 5.97 Å². The maximum absolute atomic E-state index is 10.8. The first-order valence-electron chi connectivity index (χ1n) is 6.42. The summed E-state index contributed by atoms with van der Waals surface area (Å²) in [6.45, 7) is 1.17. The molecule has 5 heteroatoms. The molecule has 1 aromatic rings. The lowest BCUT2D eigenvalue weighted by molar-refractivity contribution is -0.138. The highest BCUT2D eigenvalue weighted by molar-refractivity contribution is 5.69. The summed E-state index contributed by atoms with van der Waals surface area (Å²) in [4.78, 5) is 12.7. The molecule has 1 fully saturated rings. The van der Waals surface area contributed by atoms with Gasteiger partial charge in [0.2, 0.25) is 0 Å². The van der Waals surface area contributed by atoms with Crippen molar-refractivity contribution in [2.45, 2.75) is 18.9 Å². The number of rotatable bonds is 8.